The zero-order valence-electron chi connectivity index (χ0n) is 11.3. The Morgan fingerprint density at radius 1 is 1.25 bits per heavy atom. The maximum Gasteiger partial charge on any atom is 0.297 e. The van der Waals surface area contributed by atoms with Crippen LogP contribution in [0.4, 0.5) is 5.69 Å². The number of alkyl halides is 1. The van der Waals surface area contributed by atoms with Gasteiger partial charge in [-0.05, 0) is 43.7 Å². The van der Waals surface area contributed by atoms with Crippen LogP contribution in [0.15, 0.2) is 45.9 Å². The van der Waals surface area contributed by atoms with Gasteiger partial charge in [0.1, 0.15) is 5.76 Å². The molecule has 2 aromatic rings. The lowest BCUT2D eigenvalue weighted by Gasteiger charge is -2.21. The SMILES string of the molecule is CCN(c1cccc(C)c1)S(=O)(=O)c1ccc(CCl)o1. The lowest BCUT2D eigenvalue weighted by molar-refractivity contribution is 0.425. The summed E-state index contributed by atoms with van der Waals surface area (Å²) < 4.78 is 31.8. The molecule has 0 unspecified atom stereocenters. The Morgan fingerprint density at radius 3 is 2.55 bits per heavy atom. The lowest BCUT2D eigenvalue weighted by atomic mass is 10.2. The molecule has 0 aliphatic rings. The van der Waals surface area contributed by atoms with E-state index in [1.807, 2.05) is 25.1 Å². The van der Waals surface area contributed by atoms with Gasteiger partial charge >= 0.3 is 0 Å². The summed E-state index contributed by atoms with van der Waals surface area (Å²) in [6, 6.07) is 10.3. The molecule has 20 heavy (non-hydrogen) atoms. The molecular formula is C14H16ClNO3S. The van der Waals surface area contributed by atoms with Crippen molar-refractivity contribution in [3.8, 4) is 0 Å². The number of nitrogens with zero attached hydrogens (tertiary/aromatic N) is 1. The maximum atomic E-state index is 12.6. The smallest absolute Gasteiger partial charge is 0.297 e. The molecule has 0 saturated carbocycles. The van der Waals surface area contributed by atoms with Gasteiger partial charge in [-0.3, -0.25) is 4.31 Å². The predicted octanol–water partition coefficient (Wildman–Crippen LogP) is 3.54. The van der Waals surface area contributed by atoms with E-state index in [1.165, 1.54) is 10.4 Å². The number of halogens is 1. The molecule has 0 aliphatic carbocycles. The van der Waals surface area contributed by atoms with Gasteiger partial charge in [0.25, 0.3) is 10.0 Å². The fourth-order valence-electron chi connectivity index (χ4n) is 1.95. The fourth-order valence-corrected chi connectivity index (χ4v) is 3.50. The highest BCUT2D eigenvalue weighted by atomic mass is 35.5. The highest BCUT2D eigenvalue weighted by molar-refractivity contribution is 7.92. The summed E-state index contributed by atoms with van der Waals surface area (Å²) in [5.41, 5.74) is 1.62. The van der Waals surface area contributed by atoms with Crippen molar-refractivity contribution in [2.24, 2.45) is 0 Å². The van der Waals surface area contributed by atoms with Crippen LogP contribution in [0.1, 0.15) is 18.2 Å². The summed E-state index contributed by atoms with van der Waals surface area (Å²) in [5.74, 6) is 0.581. The summed E-state index contributed by atoms with van der Waals surface area (Å²) in [4.78, 5) is 0. The van der Waals surface area contributed by atoms with Gasteiger partial charge in [0, 0.05) is 6.54 Å². The van der Waals surface area contributed by atoms with E-state index in [1.54, 1.807) is 19.1 Å². The molecule has 0 fully saturated rings. The number of rotatable bonds is 5. The molecule has 0 atom stereocenters. The summed E-state index contributed by atoms with van der Waals surface area (Å²) in [6.45, 7) is 4.02. The normalized spacial score (nSPS) is 11.6. The molecule has 4 nitrogen and oxygen atoms in total. The van der Waals surface area contributed by atoms with Crippen LogP contribution in [0.5, 0.6) is 0 Å². The lowest BCUT2D eigenvalue weighted by Crippen LogP contribution is -2.30. The average Bonchev–Trinajstić information content (AvgIpc) is 2.89. The van der Waals surface area contributed by atoms with Gasteiger partial charge in [0.05, 0.1) is 11.6 Å². The van der Waals surface area contributed by atoms with Crippen molar-refractivity contribution in [3.63, 3.8) is 0 Å². The molecule has 1 heterocycles. The molecule has 0 saturated heterocycles. The Labute approximate surface area is 124 Å². The van der Waals surface area contributed by atoms with Gasteiger partial charge in [-0.2, -0.15) is 8.42 Å². The van der Waals surface area contributed by atoms with E-state index in [0.29, 0.717) is 18.0 Å². The molecule has 0 aliphatic heterocycles. The van der Waals surface area contributed by atoms with Crippen molar-refractivity contribution in [2.75, 3.05) is 10.8 Å². The largest absolute Gasteiger partial charge is 0.447 e. The van der Waals surface area contributed by atoms with E-state index in [9.17, 15) is 8.42 Å². The minimum Gasteiger partial charge on any atom is -0.447 e. The topological polar surface area (TPSA) is 50.5 Å². The van der Waals surface area contributed by atoms with E-state index in [0.717, 1.165) is 5.56 Å². The summed E-state index contributed by atoms with van der Waals surface area (Å²) in [6.07, 6.45) is 0. The van der Waals surface area contributed by atoms with E-state index < -0.39 is 10.0 Å². The first-order valence-corrected chi connectivity index (χ1v) is 8.20. The minimum atomic E-state index is -3.70. The van der Waals surface area contributed by atoms with Crippen LogP contribution >= 0.6 is 11.6 Å². The Balaban J connectivity index is 2.44. The van der Waals surface area contributed by atoms with Gasteiger partial charge in [-0.25, -0.2) is 0 Å². The second-order valence-electron chi connectivity index (χ2n) is 4.36. The summed E-state index contributed by atoms with van der Waals surface area (Å²) in [7, 11) is -3.70. The van der Waals surface area contributed by atoms with Gasteiger partial charge in [0.15, 0.2) is 0 Å². The van der Waals surface area contributed by atoms with Crippen molar-refractivity contribution < 1.29 is 12.8 Å². The zero-order valence-corrected chi connectivity index (χ0v) is 12.9. The second kappa shape index (κ2) is 5.89. The fraction of sp³-hybridized carbons (Fsp3) is 0.286. The standard InChI is InChI=1S/C14H16ClNO3S/c1-3-16(12-6-4-5-11(2)9-12)20(17,18)14-8-7-13(10-15)19-14/h4-9H,3,10H2,1-2H3. The number of sulfonamides is 1. The molecule has 1 aromatic carbocycles. The quantitative estimate of drug-likeness (QED) is 0.793. The molecule has 1 aromatic heterocycles. The van der Waals surface area contributed by atoms with Gasteiger partial charge in [-0.1, -0.05) is 12.1 Å². The third-order valence-corrected chi connectivity index (χ3v) is 4.93. The number of hydrogen-bond acceptors (Lipinski definition) is 3. The van der Waals surface area contributed by atoms with Crippen LogP contribution in [0.2, 0.25) is 0 Å². The Kier molecular flexibility index (Phi) is 4.40. The Hall–Kier alpha value is -1.46. The second-order valence-corrected chi connectivity index (χ2v) is 6.42. The van der Waals surface area contributed by atoms with E-state index in [4.69, 9.17) is 16.0 Å². The van der Waals surface area contributed by atoms with E-state index >= 15 is 0 Å². The minimum absolute atomic E-state index is 0.0866. The number of aryl methyl sites for hydroxylation is 1. The third kappa shape index (κ3) is 2.83. The van der Waals surface area contributed by atoms with Crippen LogP contribution < -0.4 is 4.31 Å². The molecule has 0 radical (unpaired) electrons. The molecule has 6 heteroatoms. The molecule has 0 N–H and O–H groups in total. The first-order valence-electron chi connectivity index (χ1n) is 6.23. The third-order valence-electron chi connectivity index (χ3n) is 2.89. The van der Waals surface area contributed by atoms with Crippen LogP contribution in [-0.4, -0.2) is 15.0 Å². The monoisotopic (exact) mass is 313 g/mol. The van der Waals surface area contributed by atoms with E-state index in [-0.39, 0.29) is 11.0 Å². The number of hydrogen-bond donors (Lipinski definition) is 0. The molecule has 108 valence electrons. The van der Waals surface area contributed by atoms with Crippen LogP contribution in [0, 0.1) is 6.92 Å². The van der Waals surface area contributed by atoms with Gasteiger partial charge in [-0.15, -0.1) is 11.6 Å². The van der Waals surface area contributed by atoms with Crippen LogP contribution in [0.25, 0.3) is 0 Å². The number of anilines is 1. The van der Waals surface area contributed by atoms with Gasteiger partial charge in [0.2, 0.25) is 5.09 Å². The zero-order chi connectivity index (χ0) is 14.8. The van der Waals surface area contributed by atoms with Crippen molar-refractivity contribution >= 4 is 27.3 Å². The van der Waals surface area contributed by atoms with Crippen molar-refractivity contribution in [2.45, 2.75) is 24.8 Å². The summed E-state index contributed by atoms with van der Waals surface area (Å²) in [5, 5.41) is -0.0866. The molecule has 0 amide bonds. The highest BCUT2D eigenvalue weighted by Crippen LogP contribution is 2.25. The van der Waals surface area contributed by atoms with Crippen molar-refractivity contribution in [1.82, 2.24) is 0 Å². The van der Waals surface area contributed by atoms with Crippen molar-refractivity contribution in [3.05, 3.63) is 47.7 Å². The Morgan fingerprint density at radius 2 is 2.00 bits per heavy atom. The Bertz CT molecular complexity index is 694. The number of furan rings is 1. The molecule has 0 spiro atoms. The van der Waals surface area contributed by atoms with Crippen LogP contribution in [0.3, 0.4) is 0 Å². The molecule has 2 rings (SSSR count). The van der Waals surface area contributed by atoms with E-state index in [2.05, 4.69) is 0 Å². The highest BCUT2D eigenvalue weighted by Gasteiger charge is 2.27. The number of benzene rings is 1. The maximum absolute atomic E-state index is 12.6. The van der Waals surface area contributed by atoms with Gasteiger partial charge < -0.3 is 4.42 Å². The molecule has 0 bridgehead atoms. The molecular weight excluding hydrogens is 298 g/mol. The van der Waals surface area contributed by atoms with Crippen molar-refractivity contribution in [1.29, 1.82) is 0 Å². The van der Waals surface area contributed by atoms with Crippen LogP contribution in [-0.2, 0) is 15.9 Å². The first kappa shape index (κ1) is 14.9. The summed E-state index contributed by atoms with van der Waals surface area (Å²) >= 11 is 5.64. The predicted molar refractivity (Wildman–Crippen MR) is 79.6 cm³/mol. The average molecular weight is 314 g/mol. The first-order chi connectivity index (χ1) is 9.48.